The summed E-state index contributed by atoms with van der Waals surface area (Å²) in [5.41, 5.74) is -0.418. The molecule has 92 valence electrons. The number of amides is 1. The van der Waals surface area contributed by atoms with Crippen LogP contribution in [0.25, 0.3) is 0 Å². The van der Waals surface area contributed by atoms with Crippen molar-refractivity contribution in [3.8, 4) is 0 Å². The van der Waals surface area contributed by atoms with E-state index >= 15 is 0 Å². The van der Waals surface area contributed by atoms with Crippen molar-refractivity contribution in [2.75, 3.05) is 0 Å². The number of aromatic amines is 1. The van der Waals surface area contributed by atoms with Gasteiger partial charge in [-0.15, -0.1) is 0 Å². The Morgan fingerprint density at radius 2 is 2.24 bits per heavy atom. The molecule has 6 nitrogen and oxygen atoms in total. The summed E-state index contributed by atoms with van der Waals surface area (Å²) in [6.45, 7) is 1.78. The maximum Gasteiger partial charge on any atom is 0.328 e. The zero-order valence-electron chi connectivity index (χ0n) is 9.66. The fourth-order valence-corrected chi connectivity index (χ4v) is 1.58. The SMILES string of the molecule is CCc1cn(CC(=O)NC2CC2)c(=O)[nH]c1=O. The summed E-state index contributed by atoms with van der Waals surface area (Å²) in [7, 11) is 0. The van der Waals surface area contributed by atoms with E-state index in [2.05, 4.69) is 10.3 Å². The third-order valence-electron chi connectivity index (χ3n) is 2.72. The largest absolute Gasteiger partial charge is 0.352 e. The van der Waals surface area contributed by atoms with Gasteiger partial charge in [0.1, 0.15) is 6.54 Å². The van der Waals surface area contributed by atoms with Gasteiger partial charge in [0.05, 0.1) is 0 Å². The lowest BCUT2D eigenvalue weighted by Crippen LogP contribution is -2.37. The maximum absolute atomic E-state index is 11.5. The highest BCUT2D eigenvalue weighted by molar-refractivity contribution is 5.76. The van der Waals surface area contributed by atoms with Gasteiger partial charge in [-0.2, -0.15) is 0 Å². The molecule has 1 saturated carbocycles. The molecular formula is C11H15N3O3. The van der Waals surface area contributed by atoms with E-state index in [4.69, 9.17) is 0 Å². The lowest BCUT2D eigenvalue weighted by Gasteiger charge is -2.07. The number of carbonyl (C=O) groups is 1. The Balaban J connectivity index is 2.16. The number of hydrogen-bond acceptors (Lipinski definition) is 3. The molecular weight excluding hydrogens is 222 g/mol. The highest BCUT2D eigenvalue weighted by Crippen LogP contribution is 2.18. The van der Waals surface area contributed by atoms with Crippen molar-refractivity contribution < 1.29 is 4.79 Å². The maximum atomic E-state index is 11.5. The molecule has 1 amide bonds. The zero-order valence-corrected chi connectivity index (χ0v) is 9.66. The number of aryl methyl sites for hydroxylation is 1. The molecule has 2 rings (SSSR count). The molecule has 0 bridgehead atoms. The Labute approximate surface area is 97.7 Å². The Bertz CT molecular complexity index is 540. The van der Waals surface area contributed by atoms with Gasteiger partial charge in [-0.25, -0.2) is 4.79 Å². The monoisotopic (exact) mass is 237 g/mol. The van der Waals surface area contributed by atoms with Gasteiger partial charge < -0.3 is 5.32 Å². The fourth-order valence-electron chi connectivity index (χ4n) is 1.58. The van der Waals surface area contributed by atoms with Crippen LogP contribution >= 0.6 is 0 Å². The predicted octanol–water partition coefficient (Wildman–Crippen LogP) is -0.622. The molecule has 1 aromatic heterocycles. The molecule has 1 aliphatic carbocycles. The van der Waals surface area contributed by atoms with Gasteiger partial charge in [0.25, 0.3) is 5.56 Å². The topological polar surface area (TPSA) is 84.0 Å². The third kappa shape index (κ3) is 2.83. The van der Waals surface area contributed by atoms with Crippen LogP contribution in [0.1, 0.15) is 25.3 Å². The summed E-state index contributed by atoms with van der Waals surface area (Å²) in [6.07, 6.45) is 3.99. The molecule has 1 heterocycles. The molecule has 0 atom stereocenters. The summed E-state index contributed by atoms with van der Waals surface area (Å²) in [4.78, 5) is 36.5. The van der Waals surface area contributed by atoms with Crippen LogP contribution in [-0.4, -0.2) is 21.5 Å². The lowest BCUT2D eigenvalue weighted by molar-refractivity contribution is -0.121. The molecule has 1 aliphatic rings. The van der Waals surface area contributed by atoms with E-state index in [-0.39, 0.29) is 24.1 Å². The Morgan fingerprint density at radius 3 is 2.82 bits per heavy atom. The minimum absolute atomic E-state index is 0.0425. The normalized spacial score (nSPS) is 14.6. The standard InChI is InChI=1S/C11H15N3O3/c1-2-7-5-14(11(17)13-10(7)16)6-9(15)12-8-3-4-8/h5,8H,2-4,6H2,1H3,(H,12,15)(H,13,16,17). The summed E-state index contributed by atoms with van der Waals surface area (Å²) in [6, 6.07) is 0.270. The Kier molecular flexibility index (Phi) is 3.12. The van der Waals surface area contributed by atoms with E-state index < -0.39 is 5.69 Å². The quantitative estimate of drug-likeness (QED) is 0.731. The lowest BCUT2D eigenvalue weighted by atomic mass is 10.2. The number of nitrogens with zero attached hydrogens (tertiary/aromatic N) is 1. The van der Waals surface area contributed by atoms with Gasteiger partial charge in [-0.1, -0.05) is 6.92 Å². The number of carbonyl (C=O) groups excluding carboxylic acids is 1. The van der Waals surface area contributed by atoms with Gasteiger partial charge in [-0.3, -0.25) is 19.1 Å². The smallest absolute Gasteiger partial charge is 0.328 e. The van der Waals surface area contributed by atoms with Crippen LogP contribution in [0.4, 0.5) is 0 Å². The molecule has 1 fully saturated rings. The van der Waals surface area contributed by atoms with Crippen molar-refractivity contribution >= 4 is 5.91 Å². The van der Waals surface area contributed by atoms with Crippen LogP contribution in [0.3, 0.4) is 0 Å². The summed E-state index contributed by atoms with van der Waals surface area (Å²) in [5.74, 6) is -0.191. The Morgan fingerprint density at radius 1 is 1.53 bits per heavy atom. The van der Waals surface area contributed by atoms with E-state index in [0.717, 1.165) is 12.8 Å². The van der Waals surface area contributed by atoms with E-state index in [1.54, 1.807) is 0 Å². The number of nitrogens with one attached hydrogen (secondary N) is 2. The van der Waals surface area contributed by atoms with E-state index in [0.29, 0.717) is 12.0 Å². The molecule has 1 aromatic rings. The number of hydrogen-bond donors (Lipinski definition) is 2. The van der Waals surface area contributed by atoms with E-state index in [1.807, 2.05) is 6.92 Å². The van der Waals surface area contributed by atoms with Crippen LogP contribution < -0.4 is 16.6 Å². The second kappa shape index (κ2) is 4.57. The minimum atomic E-state index is -0.543. The summed E-state index contributed by atoms with van der Waals surface area (Å²) >= 11 is 0. The number of aromatic nitrogens is 2. The van der Waals surface area contributed by atoms with Crippen molar-refractivity contribution in [2.24, 2.45) is 0 Å². The van der Waals surface area contributed by atoms with Gasteiger partial charge in [0.2, 0.25) is 5.91 Å². The molecule has 0 spiro atoms. The number of rotatable bonds is 4. The van der Waals surface area contributed by atoms with Crippen LogP contribution in [0, 0.1) is 0 Å². The van der Waals surface area contributed by atoms with Gasteiger partial charge in [-0.05, 0) is 19.3 Å². The second-order valence-corrected chi connectivity index (χ2v) is 4.24. The van der Waals surface area contributed by atoms with Gasteiger partial charge >= 0.3 is 5.69 Å². The summed E-state index contributed by atoms with van der Waals surface area (Å²) < 4.78 is 1.23. The summed E-state index contributed by atoms with van der Waals surface area (Å²) in [5, 5.41) is 2.79. The average molecular weight is 237 g/mol. The first-order valence-corrected chi connectivity index (χ1v) is 5.72. The van der Waals surface area contributed by atoms with Crippen molar-refractivity contribution in [3.63, 3.8) is 0 Å². The first kappa shape index (κ1) is 11.6. The fraction of sp³-hybridized carbons (Fsp3) is 0.545. The zero-order chi connectivity index (χ0) is 12.4. The van der Waals surface area contributed by atoms with E-state index in [9.17, 15) is 14.4 Å². The van der Waals surface area contributed by atoms with Crippen molar-refractivity contribution in [1.29, 1.82) is 0 Å². The molecule has 0 radical (unpaired) electrons. The van der Waals surface area contributed by atoms with Crippen LogP contribution in [0.5, 0.6) is 0 Å². The molecule has 2 N–H and O–H groups in total. The Hall–Kier alpha value is -1.85. The van der Waals surface area contributed by atoms with Crippen molar-refractivity contribution in [1.82, 2.24) is 14.9 Å². The van der Waals surface area contributed by atoms with Crippen LogP contribution in [0.15, 0.2) is 15.8 Å². The molecule has 0 aromatic carbocycles. The van der Waals surface area contributed by atoms with Gasteiger partial charge in [0, 0.05) is 17.8 Å². The van der Waals surface area contributed by atoms with Crippen LogP contribution in [0.2, 0.25) is 0 Å². The molecule has 6 heteroatoms. The highest BCUT2D eigenvalue weighted by atomic mass is 16.2. The third-order valence-corrected chi connectivity index (χ3v) is 2.72. The second-order valence-electron chi connectivity index (χ2n) is 4.24. The van der Waals surface area contributed by atoms with Crippen LogP contribution in [-0.2, 0) is 17.8 Å². The molecule has 17 heavy (non-hydrogen) atoms. The van der Waals surface area contributed by atoms with E-state index in [1.165, 1.54) is 10.8 Å². The van der Waals surface area contributed by atoms with Gasteiger partial charge in [0.15, 0.2) is 0 Å². The molecule has 0 unspecified atom stereocenters. The number of H-pyrrole nitrogens is 1. The first-order valence-electron chi connectivity index (χ1n) is 5.72. The molecule has 0 saturated heterocycles. The average Bonchev–Trinajstić information content (AvgIpc) is 3.06. The first-order chi connectivity index (χ1) is 8.10. The predicted molar refractivity (Wildman–Crippen MR) is 61.9 cm³/mol. The van der Waals surface area contributed by atoms with Crippen molar-refractivity contribution in [2.45, 2.75) is 38.8 Å². The minimum Gasteiger partial charge on any atom is -0.352 e. The van der Waals surface area contributed by atoms with Crippen molar-refractivity contribution in [3.05, 3.63) is 32.6 Å². The highest BCUT2D eigenvalue weighted by Gasteiger charge is 2.23. The molecule has 0 aliphatic heterocycles.